The zero-order valence-electron chi connectivity index (χ0n) is 19.7. The van der Waals surface area contributed by atoms with Gasteiger partial charge in [-0.15, -0.1) is 5.10 Å². The van der Waals surface area contributed by atoms with Crippen LogP contribution in [0.2, 0.25) is 0 Å². The third-order valence-corrected chi connectivity index (χ3v) is 6.02. The molecule has 2 N–H and O–H groups in total. The molecule has 6 rings (SSSR count). The number of hydrogen-bond donors (Lipinski definition) is 1. The van der Waals surface area contributed by atoms with Crippen LogP contribution in [-0.4, -0.2) is 44.7 Å². The lowest BCUT2D eigenvalue weighted by Crippen LogP contribution is -2.08. The van der Waals surface area contributed by atoms with Gasteiger partial charge in [0.15, 0.2) is 5.82 Å². The highest BCUT2D eigenvalue weighted by atomic mass is 15.4. The van der Waals surface area contributed by atoms with Gasteiger partial charge in [0, 0.05) is 36.6 Å². The van der Waals surface area contributed by atoms with Gasteiger partial charge in [0.1, 0.15) is 22.8 Å². The molecule has 0 spiro atoms. The summed E-state index contributed by atoms with van der Waals surface area (Å²) in [7, 11) is 1.86. The van der Waals surface area contributed by atoms with E-state index in [2.05, 4.69) is 25.4 Å². The molecule has 5 aromatic heterocycles. The van der Waals surface area contributed by atoms with Gasteiger partial charge in [0.05, 0.1) is 29.1 Å². The third kappa shape index (κ3) is 3.84. The van der Waals surface area contributed by atoms with E-state index < -0.39 is 0 Å². The van der Waals surface area contributed by atoms with E-state index in [0.717, 1.165) is 22.2 Å². The maximum Gasteiger partial charge on any atom is 0.152 e. The average Bonchev–Trinajstić information content (AvgIpc) is 3.58. The van der Waals surface area contributed by atoms with E-state index in [9.17, 15) is 0 Å². The van der Waals surface area contributed by atoms with Crippen LogP contribution in [0.1, 0.15) is 18.7 Å². The molecule has 0 bridgehead atoms. The van der Waals surface area contributed by atoms with Crippen LogP contribution in [0.15, 0.2) is 79.4 Å². The van der Waals surface area contributed by atoms with Crippen LogP contribution in [0.25, 0.3) is 44.9 Å². The number of hydrogen-bond acceptors (Lipinski definition) is 8. The SMILES string of the molecule is CC(c1ccccn1)n1cc(-c2nc(-c3ccc4ncccc4c3)c(-c3ccn(C)n3)nc2N)nn1. The number of benzene rings is 1. The summed E-state index contributed by atoms with van der Waals surface area (Å²) in [6, 6.07) is 17.5. The second kappa shape index (κ2) is 8.66. The number of nitrogens with two attached hydrogens (primary N) is 1. The molecule has 176 valence electrons. The quantitative estimate of drug-likeness (QED) is 0.398. The van der Waals surface area contributed by atoms with Gasteiger partial charge in [-0.05, 0) is 43.3 Å². The number of anilines is 1. The molecule has 0 aliphatic heterocycles. The van der Waals surface area contributed by atoms with Crippen molar-refractivity contribution in [2.45, 2.75) is 13.0 Å². The highest BCUT2D eigenvalue weighted by molar-refractivity contribution is 5.88. The summed E-state index contributed by atoms with van der Waals surface area (Å²) in [6.07, 6.45) is 7.21. The summed E-state index contributed by atoms with van der Waals surface area (Å²) < 4.78 is 3.46. The topological polar surface area (TPSA) is 126 Å². The smallest absolute Gasteiger partial charge is 0.152 e. The summed E-state index contributed by atoms with van der Waals surface area (Å²) in [6.45, 7) is 2.01. The second-order valence-electron chi connectivity index (χ2n) is 8.45. The molecule has 0 saturated carbocycles. The lowest BCUT2D eigenvalue weighted by atomic mass is 10.0. The summed E-state index contributed by atoms with van der Waals surface area (Å²) in [4.78, 5) is 18.5. The number of nitrogen functional groups attached to an aromatic ring is 1. The van der Waals surface area contributed by atoms with Crippen molar-refractivity contribution >= 4 is 16.7 Å². The van der Waals surface area contributed by atoms with Crippen LogP contribution < -0.4 is 5.73 Å². The van der Waals surface area contributed by atoms with Crippen molar-refractivity contribution in [3.05, 3.63) is 85.1 Å². The number of aryl methyl sites for hydroxylation is 1. The highest BCUT2D eigenvalue weighted by Crippen LogP contribution is 2.34. The van der Waals surface area contributed by atoms with E-state index in [0.29, 0.717) is 28.5 Å². The summed E-state index contributed by atoms with van der Waals surface area (Å²) in [5.74, 6) is 0.249. The van der Waals surface area contributed by atoms with E-state index in [-0.39, 0.29) is 11.9 Å². The molecule has 0 saturated heterocycles. The Balaban J connectivity index is 1.49. The van der Waals surface area contributed by atoms with E-state index >= 15 is 0 Å². The first-order valence-electron chi connectivity index (χ1n) is 11.4. The number of fused-ring (bicyclic) bond motifs is 1. The third-order valence-electron chi connectivity index (χ3n) is 6.02. The minimum absolute atomic E-state index is 0.109. The Morgan fingerprint density at radius 3 is 2.56 bits per heavy atom. The normalized spacial score (nSPS) is 12.2. The van der Waals surface area contributed by atoms with Crippen molar-refractivity contribution in [2.75, 3.05) is 5.73 Å². The van der Waals surface area contributed by atoms with Gasteiger partial charge in [-0.1, -0.05) is 23.4 Å². The molecule has 0 fully saturated rings. The molecule has 10 nitrogen and oxygen atoms in total. The minimum Gasteiger partial charge on any atom is -0.382 e. The Hall–Kier alpha value is -4.99. The van der Waals surface area contributed by atoms with Gasteiger partial charge in [0.2, 0.25) is 0 Å². The summed E-state index contributed by atoms with van der Waals surface area (Å²) in [5, 5.41) is 14.2. The minimum atomic E-state index is -0.109. The van der Waals surface area contributed by atoms with Crippen molar-refractivity contribution in [3.8, 4) is 34.0 Å². The molecular weight excluding hydrogens is 452 g/mol. The molecule has 0 radical (unpaired) electrons. The van der Waals surface area contributed by atoms with Gasteiger partial charge >= 0.3 is 0 Å². The summed E-state index contributed by atoms with van der Waals surface area (Å²) in [5.41, 5.74) is 12.0. The molecule has 36 heavy (non-hydrogen) atoms. The Morgan fingerprint density at radius 1 is 0.861 bits per heavy atom. The van der Waals surface area contributed by atoms with Crippen LogP contribution in [0.4, 0.5) is 5.82 Å². The van der Waals surface area contributed by atoms with Gasteiger partial charge in [0.25, 0.3) is 0 Å². The molecule has 0 amide bonds. The Kier molecular flexibility index (Phi) is 5.18. The predicted molar refractivity (Wildman–Crippen MR) is 136 cm³/mol. The first-order chi connectivity index (χ1) is 17.6. The Bertz CT molecular complexity index is 1690. The molecule has 1 unspecified atom stereocenters. The Labute approximate surface area is 206 Å². The standard InChI is InChI=1S/C26H22N10/c1-16(19-7-3-4-11-28-19)36-15-22(32-34-36)25-26(27)31-24(21-10-13-35(2)33-21)23(30-25)18-8-9-20-17(14-18)6-5-12-29-20/h3-16H,1-2H3,(H2,27,31). The molecule has 6 aromatic rings. The first-order valence-corrected chi connectivity index (χ1v) is 11.4. The molecule has 0 aliphatic rings. The van der Waals surface area contributed by atoms with Gasteiger partial charge < -0.3 is 5.73 Å². The van der Waals surface area contributed by atoms with Crippen molar-refractivity contribution in [1.82, 2.24) is 44.7 Å². The first kappa shape index (κ1) is 21.5. The van der Waals surface area contributed by atoms with Crippen LogP contribution in [0.5, 0.6) is 0 Å². The predicted octanol–water partition coefficient (Wildman–Crippen LogP) is 3.94. The van der Waals surface area contributed by atoms with Gasteiger partial charge in [-0.3, -0.25) is 14.6 Å². The number of aromatic nitrogens is 9. The molecule has 0 aliphatic carbocycles. The van der Waals surface area contributed by atoms with E-state index in [4.69, 9.17) is 15.7 Å². The molecule has 5 heterocycles. The zero-order chi connectivity index (χ0) is 24.6. The molecular formula is C26H22N10. The second-order valence-corrected chi connectivity index (χ2v) is 8.45. The number of rotatable bonds is 5. The fraction of sp³-hybridized carbons (Fsp3) is 0.115. The van der Waals surface area contributed by atoms with Crippen LogP contribution in [-0.2, 0) is 7.05 Å². The Morgan fingerprint density at radius 2 is 1.75 bits per heavy atom. The highest BCUT2D eigenvalue weighted by Gasteiger charge is 2.21. The van der Waals surface area contributed by atoms with E-state index in [1.54, 1.807) is 21.8 Å². The van der Waals surface area contributed by atoms with Gasteiger partial charge in [-0.25, -0.2) is 14.6 Å². The fourth-order valence-electron chi connectivity index (χ4n) is 4.11. The molecule has 1 aromatic carbocycles. The van der Waals surface area contributed by atoms with Crippen molar-refractivity contribution in [3.63, 3.8) is 0 Å². The monoisotopic (exact) mass is 474 g/mol. The van der Waals surface area contributed by atoms with E-state index in [1.165, 1.54) is 0 Å². The molecule has 1 atom stereocenters. The van der Waals surface area contributed by atoms with Crippen LogP contribution >= 0.6 is 0 Å². The number of pyridine rings is 2. The van der Waals surface area contributed by atoms with Crippen molar-refractivity contribution in [2.24, 2.45) is 7.05 Å². The largest absolute Gasteiger partial charge is 0.382 e. The average molecular weight is 475 g/mol. The lowest BCUT2D eigenvalue weighted by molar-refractivity contribution is 0.532. The van der Waals surface area contributed by atoms with Crippen LogP contribution in [0, 0.1) is 0 Å². The summed E-state index contributed by atoms with van der Waals surface area (Å²) >= 11 is 0. The number of nitrogens with zero attached hydrogens (tertiary/aromatic N) is 9. The maximum absolute atomic E-state index is 6.42. The zero-order valence-corrected chi connectivity index (χ0v) is 19.7. The molecule has 10 heteroatoms. The van der Waals surface area contributed by atoms with Crippen molar-refractivity contribution in [1.29, 1.82) is 0 Å². The van der Waals surface area contributed by atoms with Crippen molar-refractivity contribution < 1.29 is 0 Å². The van der Waals surface area contributed by atoms with E-state index in [1.807, 2.05) is 81.0 Å². The lowest BCUT2D eigenvalue weighted by Gasteiger charge is -2.11. The van der Waals surface area contributed by atoms with Crippen LogP contribution in [0.3, 0.4) is 0 Å². The fourth-order valence-corrected chi connectivity index (χ4v) is 4.11. The maximum atomic E-state index is 6.42. The van der Waals surface area contributed by atoms with Gasteiger partial charge in [-0.2, -0.15) is 5.10 Å².